The van der Waals surface area contributed by atoms with Crippen LogP contribution in [-0.2, 0) is 9.53 Å². The molecule has 1 saturated heterocycles. The van der Waals surface area contributed by atoms with E-state index in [4.69, 9.17) is 16.3 Å². The molecule has 0 radical (unpaired) electrons. The largest absolute Gasteiger partial charge is 0.384 e. The number of amides is 1. The summed E-state index contributed by atoms with van der Waals surface area (Å²) >= 11 is 5.99. The van der Waals surface area contributed by atoms with Gasteiger partial charge in [0, 0.05) is 18.7 Å². The van der Waals surface area contributed by atoms with Crippen molar-refractivity contribution in [2.75, 3.05) is 26.8 Å². The monoisotopic (exact) mass is 296 g/mol. The van der Waals surface area contributed by atoms with E-state index in [0.717, 1.165) is 18.5 Å². The van der Waals surface area contributed by atoms with E-state index in [1.807, 2.05) is 31.2 Å². The number of halogens is 1. The molecule has 1 aliphatic rings. The first kappa shape index (κ1) is 15.3. The summed E-state index contributed by atoms with van der Waals surface area (Å²) in [7, 11) is 1.63. The number of hydrogen-bond donors (Lipinski definition) is 2. The van der Waals surface area contributed by atoms with Crippen LogP contribution in [0.15, 0.2) is 24.3 Å². The molecule has 2 rings (SSSR count). The Morgan fingerprint density at radius 3 is 3.00 bits per heavy atom. The number of rotatable bonds is 5. The highest BCUT2D eigenvalue weighted by Gasteiger charge is 2.41. The van der Waals surface area contributed by atoms with Crippen LogP contribution in [0.2, 0.25) is 5.02 Å². The van der Waals surface area contributed by atoms with Gasteiger partial charge in [-0.3, -0.25) is 4.79 Å². The van der Waals surface area contributed by atoms with Gasteiger partial charge in [-0.05, 0) is 37.6 Å². The molecule has 0 aliphatic carbocycles. The van der Waals surface area contributed by atoms with Crippen LogP contribution in [0, 0.1) is 5.41 Å². The molecule has 1 fully saturated rings. The van der Waals surface area contributed by atoms with Crippen LogP contribution < -0.4 is 10.6 Å². The molecule has 1 heterocycles. The fraction of sp³-hybridized carbons (Fsp3) is 0.533. The van der Waals surface area contributed by atoms with E-state index in [1.54, 1.807) is 7.11 Å². The average Bonchev–Trinajstić information content (AvgIpc) is 2.89. The first-order valence-electron chi connectivity index (χ1n) is 6.83. The van der Waals surface area contributed by atoms with Crippen LogP contribution in [0.5, 0.6) is 0 Å². The lowest BCUT2D eigenvalue weighted by atomic mass is 9.86. The van der Waals surface area contributed by atoms with Crippen molar-refractivity contribution in [3.8, 4) is 0 Å². The van der Waals surface area contributed by atoms with Gasteiger partial charge in [-0.25, -0.2) is 0 Å². The highest BCUT2D eigenvalue weighted by atomic mass is 35.5. The second kappa shape index (κ2) is 6.57. The van der Waals surface area contributed by atoms with Crippen molar-refractivity contribution >= 4 is 17.5 Å². The number of hydrogen-bond acceptors (Lipinski definition) is 3. The predicted molar refractivity (Wildman–Crippen MR) is 79.8 cm³/mol. The van der Waals surface area contributed by atoms with Crippen LogP contribution in [0.1, 0.15) is 24.9 Å². The topological polar surface area (TPSA) is 50.4 Å². The summed E-state index contributed by atoms with van der Waals surface area (Å²) in [5, 5.41) is 6.99. The minimum atomic E-state index is -0.457. The summed E-state index contributed by atoms with van der Waals surface area (Å²) in [6.45, 7) is 3.91. The summed E-state index contributed by atoms with van der Waals surface area (Å²) < 4.78 is 5.23. The SMILES string of the molecule is COCC1(C(=O)NC(C)c2cccc(Cl)c2)CCNC1. The lowest BCUT2D eigenvalue weighted by Gasteiger charge is -2.28. The smallest absolute Gasteiger partial charge is 0.230 e. The summed E-state index contributed by atoms with van der Waals surface area (Å²) in [5.41, 5.74) is 0.547. The minimum Gasteiger partial charge on any atom is -0.384 e. The minimum absolute atomic E-state index is 0.0387. The molecule has 1 aromatic rings. The molecule has 2 unspecified atom stereocenters. The van der Waals surface area contributed by atoms with Gasteiger partial charge in [-0.1, -0.05) is 23.7 Å². The summed E-state index contributed by atoms with van der Waals surface area (Å²) in [4.78, 5) is 12.6. The summed E-state index contributed by atoms with van der Waals surface area (Å²) in [6, 6.07) is 7.49. The lowest BCUT2D eigenvalue weighted by Crippen LogP contribution is -2.46. The van der Waals surface area contributed by atoms with Crippen molar-refractivity contribution in [2.45, 2.75) is 19.4 Å². The Balaban J connectivity index is 2.06. The van der Waals surface area contributed by atoms with Gasteiger partial charge in [0.1, 0.15) is 0 Å². The number of carbonyl (C=O) groups is 1. The Morgan fingerprint density at radius 1 is 1.60 bits per heavy atom. The lowest BCUT2D eigenvalue weighted by molar-refractivity contribution is -0.133. The molecular formula is C15H21ClN2O2. The van der Waals surface area contributed by atoms with E-state index in [2.05, 4.69) is 10.6 Å². The maximum Gasteiger partial charge on any atom is 0.230 e. The summed E-state index contributed by atoms with van der Waals surface area (Å²) in [5.74, 6) is 0.0387. The normalized spacial score (nSPS) is 23.6. The Kier molecular flexibility index (Phi) is 5.02. The highest BCUT2D eigenvalue weighted by molar-refractivity contribution is 6.30. The number of benzene rings is 1. The van der Waals surface area contributed by atoms with Crippen molar-refractivity contribution in [3.05, 3.63) is 34.9 Å². The standard InChI is InChI=1S/C15H21ClN2O2/c1-11(12-4-3-5-13(16)8-12)18-14(19)15(10-20-2)6-7-17-9-15/h3-5,8,11,17H,6-7,9-10H2,1-2H3,(H,18,19). The van der Waals surface area contributed by atoms with Crippen molar-refractivity contribution in [1.82, 2.24) is 10.6 Å². The van der Waals surface area contributed by atoms with Crippen molar-refractivity contribution in [2.24, 2.45) is 5.41 Å². The van der Waals surface area contributed by atoms with Crippen LogP contribution in [0.25, 0.3) is 0 Å². The van der Waals surface area contributed by atoms with Gasteiger partial charge < -0.3 is 15.4 Å². The average molecular weight is 297 g/mol. The summed E-state index contributed by atoms with van der Waals surface area (Å²) in [6.07, 6.45) is 0.801. The van der Waals surface area contributed by atoms with Crippen LogP contribution >= 0.6 is 11.6 Å². The van der Waals surface area contributed by atoms with Gasteiger partial charge in [0.2, 0.25) is 5.91 Å². The van der Waals surface area contributed by atoms with E-state index in [1.165, 1.54) is 0 Å². The maximum atomic E-state index is 12.6. The number of carbonyl (C=O) groups excluding carboxylic acids is 1. The number of nitrogens with one attached hydrogen (secondary N) is 2. The fourth-order valence-corrected chi connectivity index (χ4v) is 2.81. The Morgan fingerprint density at radius 2 is 2.40 bits per heavy atom. The molecule has 0 spiro atoms. The van der Waals surface area contributed by atoms with Gasteiger partial charge >= 0.3 is 0 Å². The number of methoxy groups -OCH3 is 1. The Bertz CT molecular complexity index is 473. The number of ether oxygens (including phenoxy) is 1. The van der Waals surface area contributed by atoms with Crippen molar-refractivity contribution in [1.29, 1.82) is 0 Å². The van der Waals surface area contributed by atoms with Crippen molar-refractivity contribution < 1.29 is 9.53 Å². The molecule has 1 aliphatic heterocycles. The maximum absolute atomic E-state index is 12.6. The molecular weight excluding hydrogens is 276 g/mol. The highest BCUT2D eigenvalue weighted by Crippen LogP contribution is 2.27. The van der Waals surface area contributed by atoms with Crippen LogP contribution in [0.3, 0.4) is 0 Å². The van der Waals surface area contributed by atoms with Gasteiger partial charge in [0.25, 0.3) is 0 Å². The second-order valence-electron chi connectivity index (χ2n) is 5.39. The quantitative estimate of drug-likeness (QED) is 0.875. The molecule has 0 bridgehead atoms. The molecule has 110 valence electrons. The first-order chi connectivity index (χ1) is 9.57. The molecule has 0 saturated carbocycles. The van der Waals surface area contributed by atoms with Gasteiger partial charge in [-0.15, -0.1) is 0 Å². The molecule has 1 aromatic carbocycles. The molecule has 4 nitrogen and oxygen atoms in total. The fourth-order valence-electron chi connectivity index (χ4n) is 2.61. The third-order valence-electron chi connectivity index (χ3n) is 3.84. The molecule has 5 heteroatoms. The molecule has 0 aromatic heterocycles. The Hall–Kier alpha value is -1.10. The zero-order chi connectivity index (χ0) is 14.6. The first-order valence-corrected chi connectivity index (χ1v) is 7.21. The molecule has 1 amide bonds. The molecule has 20 heavy (non-hydrogen) atoms. The van der Waals surface area contributed by atoms with Crippen LogP contribution in [-0.4, -0.2) is 32.7 Å². The van der Waals surface area contributed by atoms with Crippen LogP contribution in [0.4, 0.5) is 0 Å². The van der Waals surface area contributed by atoms with Gasteiger partial charge in [-0.2, -0.15) is 0 Å². The molecule has 2 atom stereocenters. The Labute approximate surface area is 124 Å². The van der Waals surface area contributed by atoms with Gasteiger partial charge in [0.15, 0.2) is 0 Å². The zero-order valence-electron chi connectivity index (χ0n) is 11.9. The third kappa shape index (κ3) is 3.32. The van der Waals surface area contributed by atoms with Gasteiger partial charge in [0.05, 0.1) is 18.1 Å². The van der Waals surface area contributed by atoms with E-state index in [-0.39, 0.29) is 11.9 Å². The van der Waals surface area contributed by atoms with E-state index in [0.29, 0.717) is 18.2 Å². The second-order valence-corrected chi connectivity index (χ2v) is 5.83. The molecule has 2 N–H and O–H groups in total. The van der Waals surface area contributed by atoms with Crippen molar-refractivity contribution in [3.63, 3.8) is 0 Å². The predicted octanol–water partition coefficient (Wildman–Crippen LogP) is 2.14. The zero-order valence-corrected chi connectivity index (χ0v) is 12.7. The van der Waals surface area contributed by atoms with E-state index < -0.39 is 5.41 Å². The van der Waals surface area contributed by atoms with E-state index >= 15 is 0 Å². The third-order valence-corrected chi connectivity index (χ3v) is 4.08. The van der Waals surface area contributed by atoms with E-state index in [9.17, 15) is 4.79 Å².